The normalized spacial score (nSPS) is 11.6. The fourth-order valence-corrected chi connectivity index (χ4v) is 4.26. The van der Waals surface area contributed by atoms with Crippen LogP contribution in [-0.2, 0) is 10.0 Å². The molecule has 5 aromatic rings. The average molecular weight is 415 g/mol. The number of hydrogen-bond donors (Lipinski definition) is 1. The van der Waals surface area contributed by atoms with E-state index < -0.39 is 10.0 Å². The van der Waals surface area contributed by atoms with Gasteiger partial charge in [0.05, 0.1) is 16.3 Å². The lowest BCUT2D eigenvalue weighted by Gasteiger charge is -2.09. The zero-order valence-electron chi connectivity index (χ0n) is 15.8. The Bertz CT molecular complexity index is 1370. The SMILES string of the molecule is O=S(=O)(Nc1ccc(-c2cn3ccccc3n2)cc1)c1ccc(-n2cccn2)cc1. The number of aromatic nitrogens is 4. The molecule has 2 aromatic carbocycles. The van der Waals surface area contributed by atoms with Crippen molar-refractivity contribution in [2.24, 2.45) is 0 Å². The van der Waals surface area contributed by atoms with Crippen LogP contribution in [0.2, 0.25) is 0 Å². The molecule has 0 saturated carbocycles. The zero-order chi connectivity index (χ0) is 20.6. The van der Waals surface area contributed by atoms with Crippen molar-refractivity contribution < 1.29 is 8.42 Å². The summed E-state index contributed by atoms with van der Waals surface area (Å²) in [5, 5.41) is 4.14. The Morgan fingerprint density at radius 1 is 0.833 bits per heavy atom. The van der Waals surface area contributed by atoms with E-state index in [1.807, 2.05) is 53.2 Å². The number of imidazole rings is 1. The molecule has 30 heavy (non-hydrogen) atoms. The Morgan fingerprint density at radius 3 is 2.33 bits per heavy atom. The van der Waals surface area contributed by atoms with Gasteiger partial charge in [-0.3, -0.25) is 4.72 Å². The minimum atomic E-state index is -3.70. The number of fused-ring (bicyclic) bond motifs is 1. The second-order valence-electron chi connectivity index (χ2n) is 6.72. The van der Waals surface area contributed by atoms with Crippen LogP contribution in [0.4, 0.5) is 5.69 Å². The van der Waals surface area contributed by atoms with Crippen LogP contribution >= 0.6 is 0 Å². The Hall–Kier alpha value is -3.91. The van der Waals surface area contributed by atoms with Gasteiger partial charge in [-0.05, 0) is 54.6 Å². The lowest BCUT2D eigenvalue weighted by atomic mass is 10.1. The van der Waals surface area contributed by atoms with E-state index in [9.17, 15) is 8.42 Å². The van der Waals surface area contributed by atoms with Gasteiger partial charge in [0, 0.05) is 36.0 Å². The molecular formula is C22H17N5O2S. The molecule has 0 aliphatic carbocycles. The molecule has 0 bridgehead atoms. The van der Waals surface area contributed by atoms with Crippen molar-refractivity contribution in [2.45, 2.75) is 4.90 Å². The van der Waals surface area contributed by atoms with E-state index in [0.29, 0.717) is 5.69 Å². The number of nitrogens with zero attached hydrogens (tertiary/aromatic N) is 4. The van der Waals surface area contributed by atoms with E-state index in [0.717, 1.165) is 22.6 Å². The highest BCUT2D eigenvalue weighted by atomic mass is 32.2. The van der Waals surface area contributed by atoms with Gasteiger partial charge in [0.15, 0.2) is 0 Å². The van der Waals surface area contributed by atoms with Crippen LogP contribution in [0.3, 0.4) is 0 Å². The first-order valence-corrected chi connectivity index (χ1v) is 10.7. The summed E-state index contributed by atoms with van der Waals surface area (Å²) in [5.41, 5.74) is 3.86. The number of pyridine rings is 1. The first-order valence-electron chi connectivity index (χ1n) is 9.26. The average Bonchev–Trinajstić information content (AvgIpc) is 3.44. The van der Waals surface area contributed by atoms with Gasteiger partial charge < -0.3 is 4.40 Å². The molecule has 0 atom stereocenters. The highest BCUT2D eigenvalue weighted by Crippen LogP contribution is 2.23. The maximum Gasteiger partial charge on any atom is 0.261 e. The highest BCUT2D eigenvalue weighted by molar-refractivity contribution is 7.92. The van der Waals surface area contributed by atoms with Crippen molar-refractivity contribution in [2.75, 3.05) is 4.72 Å². The molecule has 3 heterocycles. The van der Waals surface area contributed by atoms with Gasteiger partial charge in [0.2, 0.25) is 0 Å². The van der Waals surface area contributed by atoms with E-state index in [1.54, 1.807) is 53.5 Å². The molecular weight excluding hydrogens is 398 g/mol. The number of hydrogen-bond acceptors (Lipinski definition) is 4. The van der Waals surface area contributed by atoms with Gasteiger partial charge in [-0.2, -0.15) is 5.10 Å². The van der Waals surface area contributed by atoms with Gasteiger partial charge in [0.25, 0.3) is 10.0 Å². The number of rotatable bonds is 5. The van der Waals surface area contributed by atoms with Gasteiger partial charge in [-0.15, -0.1) is 0 Å². The van der Waals surface area contributed by atoms with Gasteiger partial charge in [-0.1, -0.05) is 18.2 Å². The predicted molar refractivity (Wildman–Crippen MR) is 115 cm³/mol. The largest absolute Gasteiger partial charge is 0.306 e. The molecule has 0 aliphatic heterocycles. The van der Waals surface area contributed by atoms with Gasteiger partial charge in [-0.25, -0.2) is 18.1 Å². The molecule has 0 amide bonds. The highest BCUT2D eigenvalue weighted by Gasteiger charge is 2.14. The fraction of sp³-hybridized carbons (Fsp3) is 0. The molecule has 0 spiro atoms. The number of anilines is 1. The Labute approximate surface area is 173 Å². The van der Waals surface area contributed by atoms with Crippen LogP contribution in [0.1, 0.15) is 0 Å². The van der Waals surface area contributed by atoms with Gasteiger partial charge in [0.1, 0.15) is 5.65 Å². The Kier molecular flexibility index (Phi) is 4.33. The van der Waals surface area contributed by atoms with Crippen LogP contribution in [-0.4, -0.2) is 27.6 Å². The van der Waals surface area contributed by atoms with Crippen LogP contribution in [0, 0.1) is 0 Å². The molecule has 0 radical (unpaired) electrons. The summed E-state index contributed by atoms with van der Waals surface area (Å²) in [4.78, 5) is 4.76. The predicted octanol–water partition coefficient (Wildman–Crippen LogP) is 3.99. The third kappa shape index (κ3) is 3.44. The van der Waals surface area contributed by atoms with Crippen LogP contribution in [0.15, 0.2) is 102 Å². The van der Waals surface area contributed by atoms with Crippen LogP contribution in [0.5, 0.6) is 0 Å². The molecule has 0 unspecified atom stereocenters. The first-order chi connectivity index (χ1) is 14.6. The molecule has 148 valence electrons. The second kappa shape index (κ2) is 7.16. The summed E-state index contributed by atoms with van der Waals surface area (Å²) in [6.45, 7) is 0. The summed E-state index contributed by atoms with van der Waals surface area (Å²) in [7, 11) is -3.70. The molecule has 0 aliphatic rings. The summed E-state index contributed by atoms with van der Waals surface area (Å²) in [6.07, 6.45) is 7.34. The van der Waals surface area contributed by atoms with E-state index >= 15 is 0 Å². The van der Waals surface area contributed by atoms with Crippen molar-refractivity contribution in [3.8, 4) is 16.9 Å². The first kappa shape index (κ1) is 18.1. The maximum atomic E-state index is 12.7. The van der Waals surface area contributed by atoms with Crippen LogP contribution in [0.25, 0.3) is 22.6 Å². The van der Waals surface area contributed by atoms with Crippen LogP contribution < -0.4 is 4.72 Å². The van der Waals surface area contributed by atoms with Crippen molar-refractivity contribution >= 4 is 21.4 Å². The number of sulfonamides is 1. The molecule has 5 rings (SSSR count). The lowest BCUT2D eigenvalue weighted by Crippen LogP contribution is -2.13. The Morgan fingerprint density at radius 2 is 1.63 bits per heavy atom. The Balaban J connectivity index is 1.35. The summed E-state index contributed by atoms with van der Waals surface area (Å²) in [6, 6.07) is 21.3. The van der Waals surface area contributed by atoms with Crippen molar-refractivity contribution in [1.29, 1.82) is 0 Å². The number of nitrogens with one attached hydrogen (secondary N) is 1. The second-order valence-corrected chi connectivity index (χ2v) is 8.40. The zero-order valence-corrected chi connectivity index (χ0v) is 16.6. The third-order valence-corrected chi connectivity index (χ3v) is 6.11. The molecule has 3 aromatic heterocycles. The smallest absolute Gasteiger partial charge is 0.261 e. The quantitative estimate of drug-likeness (QED) is 0.471. The van der Waals surface area contributed by atoms with Crippen molar-refractivity contribution in [3.05, 3.63) is 97.6 Å². The monoisotopic (exact) mass is 415 g/mol. The maximum absolute atomic E-state index is 12.7. The lowest BCUT2D eigenvalue weighted by molar-refractivity contribution is 0.601. The van der Waals surface area contributed by atoms with Crippen molar-refractivity contribution in [3.63, 3.8) is 0 Å². The topological polar surface area (TPSA) is 81.3 Å². The molecule has 0 saturated heterocycles. The van der Waals surface area contributed by atoms with Crippen molar-refractivity contribution in [1.82, 2.24) is 19.2 Å². The standard InChI is InChI=1S/C22H17N5O2S/c28-30(29,20-11-9-19(10-12-20)27-15-3-13-23-27)25-18-7-5-17(6-8-18)21-16-26-14-2-1-4-22(26)24-21/h1-16,25H. The van der Waals surface area contributed by atoms with E-state index in [-0.39, 0.29) is 4.90 Å². The molecule has 8 heteroatoms. The summed E-state index contributed by atoms with van der Waals surface area (Å²) in [5.74, 6) is 0. The minimum absolute atomic E-state index is 0.183. The molecule has 7 nitrogen and oxygen atoms in total. The summed E-state index contributed by atoms with van der Waals surface area (Å²) >= 11 is 0. The number of benzene rings is 2. The van der Waals surface area contributed by atoms with E-state index in [1.165, 1.54) is 0 Å². The molecule has 1 N–H and O–H groups in total. The van der Waals surface area contributed by atoms with Gasteiger partial charge >= 0.3 is 0 Å². The van der Waals surface area contributed by atoms with E-state index in [2.05, 4.69) is 14.8 Å². The van der Waals surface area contributed by atoms with E-state index in [4.69, 9.17) is 0 Å². The molecule has 0 fully saturated rings. The fourth-order valence-electron chi connectivity index (χ4n) is 3.20. The minimum Gasteiger partial charge on any atom is -0.306 e. The third-order valence-electron chi connectivity index (χ3n) is 4.71. The summed E-state index contributed by atoms with van der Waals surface area (Å²) < 4.78 is 31.7.